The Kier molecular flexibility index (Phi) is 25.6. The molecule has 1 aliphatic heterocycles. The third-order valence-electron chi connectivity index (χ3n) is 4.97. The summed E-state index contributed by atoms with van der Waals surface area (Å²) in [6, 6.07) is 2.01. The van der Waals surface area contributed by atoms with Gasteiger partial charge in [-0.25, -0.2) is 0 Å². The van der Waals surface area contributed by atoms with Gasteiger partial charge in [-0.3, -0.25) is 23.7 Å². The molecule has 0 aliphatic carbocycles. The van der Waals surface area contributed by atoms with E-state index < -0.39 is 31.3 Å². The first-order chi connectivity index (χ1) is 19.1. The minimum Gasteiger partial charge on any atom is -0.304 e. The second kappa shape index (κ2) is 22.8. The number of Topliss-reactive ketones (excluding diaryl/α,β-unsaturated/α-hetero) is 2. The third kappa shape index (κ3) is 29.1. The van der Waals surface area contributed by atoms with E-state index in [1.165, 1.54) is 64.2 Å². The smallest absolute Gasteiger partial charge is 0.304 e. The van der Waals surface area contributed by atoms with Crippen molar-refractivity contribution in [1.29, 1.82) is 0 Å². The van der Waals surface area contributed by atoms with Crippen molar-refractivity contribution in [3.8, 4) is 0 Å². The fraction of sp³-hybridized carbons (Fsp3) is 0.696. The zero-order valence-corrected chi connectivity index (χ0v) is 28.6. The number of rotatable bonds is 2. The summed E-state index contributed by atoms with van der Waals surface area (Å²) >= 11 is 0. The Hall–Kier alpha value is -1.61. The van der Waals surface area contributed by atoms with E-state index in [4.69, 9.17) is 25.9 Å². The number of carbonyl (C=O) groups is 2. The van der Waals surface area contributed by atoms with Gasteiger partial charge >= 0.3 is 50.7 Å². The van der Waals surface area contributed by atoms with E-state index in [2.05, 4.69) is 54.7 Å². The summed E-state index contributed by atoms with van der Waals surface area (Å²) in [5.74, 6) is -0.125. The first-order valence-electron chi connectivity index (χ1n) is 12.1. The van der Waals surface area contributed by atoms with Crippen LogP contribution in [0.5, 0.6) is 0 Å². The van der Waals surface area contributed by atoms with Gasteiger partial charge in [0.25, 0.3) is 0 Å². The SMILES string of the molecule is CC(=O)CC(C)=O.CN1CCN(C)CCN(C)CC1.Cc1ccncc1C.O=S(=O)(O)C(F)(F)F.O=S(=O)(O)C(F)(F)F.[Ru+3]. The molecule has 0 bridgehead atoms. The molecular formula is C23H40F6N4O8RuS2+3. The summed E-state index contributed by atoms with van der Waals surface area (Å²) in [4.78, 5) is 31.2. The molecule has 0 atom stereocenters. The quantitative estimate of drug-likeness (QED) is 0.149. The largest absolute Gasteiger partial charge is 3.00 e. The monoisotopic (exact) mass is 780 g/mol. The fourth-order valence-corrected chi connectivity index (χ4v) is 2.25. The molecule has 2 heterocycles. The Balaban J connectivity index is -0.000000230. The summed E-state index contributed by atoms with van der Waals surface area (Å²) in [5.41, 5.74) is -8.51. The van der Waals surface area contributed by atoms with Crippen molar-refractivity contribution in [3.63, 3.8) is 0 Å². The first-order valence-corrected chi connectivity index (χ1v) is 15.0. The maximum absolute atomic E-state index is 10.7. The standard InChI is InChI=1S/C9H21N3.C7H9N.C5H8O2.2CHF3O3S.Ru/c1-10-4-6-11(2)8-9-12(3)7-5-10;1-6-3-4-8-5-7(6)2;1-4(6)3-5(2)7;2*2-1(3,4)8(5,6)7;/h4-9H2,1-3H3;3-5H,1-2H3;3H2,1-2H3;2*(H,5,6,7);/q;;;;;+3. The molecule has 44 heavy (non-hydrogen) atoms. The van der Waals surface area contributed by atoms with E-state index in [9.17, 15) is 35.9 Å². The van der Waals surface area contributed by atoms with Gasteiger partial charge in [0.05, 0.1) is 6.42 Å². The molecule has 2 rings (SSSR count). The van der Waals surface area contributed by atoms with Gasteiger partial charge < -0.3 is 14.7 Å². The minimum absolute atomic E-state index is 0. The number of halogens is 6. The molecule has 0 aromatic carbocycles. The van der Waals surface area contributed by atoms with Crippen molar-refractivity contribution in [2.24, 2.45) is 0 Å². The van der Waals surface area contributed by atoms with Crippen LogP contribution >= 0.6 is 0 Å². The van der Waals surface area contributed by atoms with Crippen LogP contribution in [0.4, 0.5) is 26.3 Å². The number of hydrogen-bond donors (Lipinski definition) is 2. The van der Waals surface area contributed by atoms with Crippen LogP contribution in [0.3, 0.4) is 0 Å². The normalized spacial score (nSPS) is 15.2. The van der Waals surface area contributed by atoms with Crippen LogP contribution in [0.2, 0.25) is 0 Å². The van der Waals surface area contributed by atoms with Crippen molar-refractivity contribution in [2.75, 3.05) is 60.4 Å². The summed E-state index contributed by atoms with van der Waals surface area (Å²) in [5, 5.41) is 0. The maximum atomic E-state index is 10.7. The molecule has 0 saturated carbocycles. The van der Waals surface area contributed by atoms with Gasteiger partial charge in [-0.2, -0.15) is 43.2 Å². The molecule has 259 valence electrons. The van der Waals surface area contributed by atoms with Crippen LogP contribution in [-0.4, -0.2) is 129 Å². The van der Waals surface area contributed by atoms with E-state index in [0.29, 0.717) is 0 Å². The average Bonchev–Trinajstić information content (AvgIpc) is 2.86. The van der Waals surface area contributed by atoms with Gasteiger partial charge in [0.1, 0.15) is 11.6 Å². The van der Waals surface area contributed by atoms with Crippen LogP contribution in [0, 0.1) is 13.8 Å². The van der Waals surface area contributed by atoms with Crippen molar-refractivity contribution in [2.45, 2.75) is 45.1 Å². The molecule has 1 radical (unpaired) electrons. The van der Waals surface area contributed by atoms with E-state index in [0.717, 1.165) is 0 Å². The minimum atomic E-state index is -5.84. The average molecular weight is 780 g/mol. The van der Waals surface area contributed by atoms with E-state index >= 15 is 0 Å². The third-order valence-corrected chi connectivity index (χ3v) is 6.14. The molecule has 1 aliphatic rings. The van der Waals surface area contributed by atoms with Crippen LogP contribution in [0.15, 0.2) is 18.5 Å². The molecule has 12 nitrogen and oxygen atoms in total. The summed E-state index contributed by atoms with van der Waals surface area (Å²) in [7, 11) is -5.08. The van der Waals surface area contributed by atoms with Crippen molar-refractivity contribution >= 4 is 31.8 Å². The Morgan fingerprint density at radius 3 is 1.09 bits per heavy atom. The molecule has 1 saturated heterocycles. The Bertz CT molecular complexity index is 1080. The number of alkyl halides is 6. The second-order valence-electron chi connectivity index (χ2n) is 9.29. The van der Waals surface area contributed by atoms with Crippen LogP contribution in [-0.2, 0) is 49.3 Å². The van der Waals surface area contributed by atoms with Gasteiger partial charge in [-0.05, 0) is 66.0 Å². The molecule has 0 unspecified atom stereocenters. The van der Waals surface area contributed by atoms with E-state index in [1.807, 2.05) is 18.5 Å². The van der Waals surface area contributed by atoms with Crippen molar-refractivity contribution < 1.29 is 81.4 Å². The van der Waals surface area contributed by atoms with Crippen LogP contribution < -0.4 is 0 Å². The Morgan fingerprint density at radius 2 is 0.977 bits per heavy atom. The van der Waals surface area contributed by atoms with Gasteiger partial charge in [0.2, 0.25) is 0 Å². The second-order valence-corrected chi connectivity index (χ2v) is 12.1. The molecular weight excluding hydrogens is 739 g/mol. The number of carbonyl (C=O) groups excluding carboxylic acids is 2. The topological polar surface area (TPSA) is 165 Å². The fourth-order valence-electron chi connectivity index (χ4n) is 2.25. The molecule has 0 spiro atoms. The zero-order chi connectivity index (χ0) is 34.8. The number of aromatic nitrogens is 1. The predicted molar refractivity (Wildman–Crippen MR) is 147 cm³/mol. The van der Waals surface area contributed by atoms with Gasteiger partial charge in [-0.15, -0.1) is 0 Å². The number of hydrogen-bond acceptors (Lipinski definition) is 10. The van der Waals surface area contributed by atoms with Crippen molar-refractivity contribution in [1.82, 2.24) is 19.7 Å². The number of aryl methyl sites for hydroxylation is 2. The van der Waals surface area contributed by atoms with Crippen molar-refractivity contribution in [3.05, 3.63) is 29.6 Å². The Labute approximate surface area is 267 Å². The van der Waals surface area contributed by atoms with Gasteiger partial charge in [0.15, 0.2) is 0 Å². The summed E-state index contributed by atoms with van der Waals surface area (Å²) in [6.45, 7) is 14.1. The number of ketones is 2. The molecule has 1 aromatic rings. The number of likely N-dealkylation sites (N-methyl/N-ethyl adjacent to an activating group) is 3. The van der Waals surface area contributed by atoms with E-state index in [-0.39, 0.29) is 37.5 Å². The summed E-state index contributed by atoms with van der Waals surface area (Å²) < 4.78 is 115. The molecule has 0 amide bonds. The Morgan fingerprint density at radius 1 is 0.727 bits per heavy atom. The van der Waals surface area contributed by atoms with Crippen LogP contribution in [0.25, 0.3) is 0 Å². The van der Waals surface area contributed by atoms with Gasteiger partial charge in [-0.1, -0.05) is 0 Å². The number of nitrogens with zero attached hydrogens (tertiary/aromatic N) is 4. The molecule has 21 heteroatoms. The van der Waals surface area contributed by atoms with Crippen LogP contribution in [0.1, 0.15) is 31.4 Å². The number of pyridine rings is 1. The zero-order valence-electron chi connectivity index (χ0n) is 25.3. The predicted octanol–water partition coefficient (Wildman–Crippen LogP) is 2.83. The summed E-state index contributed by atoms with van der Waals surface area (Å²) in [6.07, 6.45) is 3.76. The van der Waals surface area contributed by atoms with E-state index in [1.54, 1.807) is 0 Å². The molecule has 1 aromatic heterocycles. The van der Waals surface area contributed by atoms with Gasteiger partial charge in [0, 0.05) is 51.7 Å². The maximum Gasteiger partial charge on any atom is 3.00 e. The first kappa shape index (κ1) is 49.3. The molecule has 2 N–H and O–H groups in total. The molecule has 1 fully saturated rings.